The molecule has 0 bridgehead atoms. The number of aromatic nitrogens is 4. The first-order valence-electron chi connectivity index (χ1n) is 8.39. The highest BCUT2D eigenvalue weighted by Gasteiger charge is 2.19. The fourth-order valence-electron chi connectivity index (χ4n) is 2.43. The van der Waals surface area contributed by atoms with Crippen molar-refractivity contribution < 1.29 is 17.8 Å². The molecule has 28 heavy (non-hydrogen) atoms. The average molecular weight is 426 g/mol. The molecule has 0 saturated carbocycles. The molecule has 1 N–H and O–H groups in total. The normalized spacial score (nSPS) is 10.8. The summed E-state index contributed by atoms with van der Waals surface area (Å²) in [5.74, 6) is 0.597. The van der Waals surface area contributed by atoms with Crippen LogP contribution >= 0.6 is 23.7 Å². The van der Waals surface area contributed by atoms with Gasteiger partial charge in [-0.3, -0.25) is 9.48 Å². The van der Waals surface area contributed by atoms with Gasteiger partial charge in [0.2, 0.25) is 0 Å². The van der Waals surface area contributed by atoms with Crippen molar-refractivity contribution in [1.29, 1.82) is 0 Å². The van der Waals surface area contributed by atoms with Gasteiger partial charge in [0, 0.05) is 30.8 Å². The second-order valence-electron chi connectivity index (χ2n) is 5.60. The monoisotopic (exact) mass is 425 g/mol. The molecule has 11 heteroatoms. The van der Waals surface area contributed by atoms with Crippen LogP contribution in [0.4, 0.5) is 3.89 Å². The summed E-state index contributed by atoms with van der Waals surface area (Å²) in [6, 6.07) is 4.95. The summed E-state index contributed by atoms with van der Waals surface area (Å²) in [6.07, 6.45) is 4.97. The van der Waals surface area contributed by atoms with Gasteiger partial charge in [-0.05, 0) is 24.6 Å². The van der Waals surface area contributed by atoms with Crippen molar-refractivity contribution in [2.75, 3.05) is 18.9 Å². The third kappa shape index (κ3) is 5.23. The number of ether oxygens (including phenoxy) is 1. The number of amides is 1. The molecule has 2 heterocycles. The molecule has 0 radical (unpaired) electrons. The minimum atomic E-state index is -0.348. The SMILES string of the molecule is O=C(NCCCn1cncn1)c1ncoc1-c1ccc(OCCSF)c(Cl)c1. The maximum absolute atomic E-state index is 12.4. The van der Waals surface area contributed by atoms with E-state index < -0.39 is 0 Å². The Hall–Kier alpha value is -2.59. The zero-order valence-electron chi connectivity index (χ0n) is 14.7. The summed E-state index contributed by atoms with van der Waals surface area (Å²) in [5.41, 5.74) is 0.752. The maximum Gasteiger partial charge on any atom is 0.273 e. The minimum absolute atomic E-state index is 0.166. The largest absolute Gasteiger partial charge is 0.491 e. The summed E-state index contributed by atoms with van der Waals surface area (Å²) in [7, 11) is 0. The van der Waals surface area contributed by atoms with E-state index in [2.05, 4.69) is 20.4 Å². The summed E-state index contributed by atoms with van der Waals surface area (Å²) in [6.45, 7) is 1.29. The van der Waals surface area contributed by atoms with Crippen LogP contribution in [0.5, 0.6) is 5.75 Å². The van der Waals surface area contributed by atoms with Gasteiger partial charge in [-0.15, -0.1) is 0 Å². The van der Waals surface area contributed by atoms with Crippen LogP contribution in [0.1, 0.15) is 16.9 Å². The zero-order valence-corrected chi connectivity index (χ0v) is 16.2. The predicted molar refractivity (Wildman–Crippen MR) is 103 cm³/mol. The molecule has 0 atom stereocenters. The lowest BCUT2D eigenvalue weighted by Crippen LogP contribution is -2.26. The number of hydrogen-bond donors (Lipinski definition) is 1. The Morgan fingerprint density at radius 1 is 1.43 bits per heavy atom. The van der Waals surface area contributed by atoms with E-state index in [0.717, 1.165) is 0 Å². The van der Waals surface area contributed by atoms with Gasteiger partial charge >= 0.3 is 0 Å². The number of carbonyl (C=O) groups is 1. The summed E-state index contributed by atoms with van der Waals surface area (Å²) in [5, 5.41) is 7.13. The van der Waals surface area contributed by atoms with E-state index in [1.165, 1.54) is 12.7 Å². The Morgan fingerprint density at radius 2 is 2.32 bits per heavy atom. The van der Waals surface area contributed by atoms with Gasteiger partial charge in [-0.1, -0.05) is 11.6 Å². The van der Waals surface area contributed by atoms with Crippen molar-refractivity contribution in [1.82, 2.24) is 25.1 Å². The van der Waals surface area contributed by atoms with Crippen molar-refractivity contribution in [3.63, 3.8) is 0 Å². The van der Waals surface area contributed by atoms with Crippen molar-refractivity contribution in [3.05, 3.63) is 48.0 Å². The number of aryl methyl sites for hydroxylation is 1. The van der Waals surface area contributed by atoms with E-state index in [1.807, 2.05) is 0 Å². The number of benzene rings is 1. The quantitative estimate of drug-likeness (QED) is 0.497. The van der Waals surface area contributed by atoms with Gasteiger partial charge in [-0.25, -0.2) is 9.97 Å². The van der Waals surface area contributed by atoms with Crippen LogP contribution in [0.3, 0.4) is 0 Å². The third-order valence-electron chi connectivity index (χ3n) is 3.71. The molecule has 0 aliphatic heterocycles. The van der Waals surface area contributed by atoms with Crippen molar-refractivity contribution in [3.8, 4) is 17.1 Å². The average Bonchev–Trinajstić information content (AvgIpc) is 3.38. The molecule has 8 nitrogen and oxygen atoms in total. The van der Waals surface area contributed by atoms with Gasteiger partial charge < -0.3 is 14.5 Å². The fourth-order valence-corrected chi connectivity index (χ4v) is 2.81. The standard InChI is InChI=1S/C17H17ClFN5O3S/c18-13-8-12(2-3-14(13)26-6-7-28-19)16-15(22-11-27-16)17(25)21-4-1-5-24-10-20-9-23-24/h2-3,8-11H,1,4-7H2,(H,21,25). The molecule has 3 rings (SSSR count). The van der Waals surface area contributed by atoms with Gasteiger partial charge in [0.25, 0.3) is 5.91 Å². The highest BCUT2D eigenvalue weighted by molar-refractivity contribution is 7.94. The van der Waals surface area contributed by atoms with Crippen LogP contribution in [0.2, 0.25) is 5.02 Å². The number of carbonyl (C=O) groups excluding carboxylic acids is 1. The Labute approximate surface area is 169 Å². The van der Waals surface area contributed by atoms with Crippen LogP contribution in [-0.4, -0.2) is 44.6 Å². The molecule has 0 spiro atoms. The van der Waals surface area contributed by atoms with Crippen molar-refractivity contribution in [2.45, 2.75) is 13.0 Å². The third-order valence-corrected chi connectivity index (χ3v) is 4.33. The highest BCUT2D eigenvalue weighted by Crippen LogP contribution is 2.32. The molecule has 0 aliphatic rings. The van der Waals surface area contributed by atoms with E-state index in [1.54, 1.807) is 29.2 Å². The Morgan fingerprint density at radius 3 is 3.07 bits per heavy atom. The number of oxazole rings is 1. The van der Waals surface area contributed by atoms with Crippen LogP contribution in [0.15, 0.2) is 41.7 Å². The molecule has 0 saturated heterocycles. The molecular weight excluding hydrogens is 409 g/mol. The summed E-state index contributed by atoms with van der Waals surface area (Å²) in [4.78, 5) is 20.3. The van der Waals surface area contributed by atoms with Gasteiger partial charge in [0.15, 0.2) is 17.8 Å². The molecular formula is C17H17ClFN5O3S. The van der Waals surface area contributed by atoms with E-state index in [4.69, 9.17) is 20.8 Å². The molecule has 0 aliphatic carbocycles. The topological polar surface area (TPSA) is 95.1 Å². The zero-order chi connectivity index (χ0) is 19.8. The van der Waals surface area contributed by atoms with Crippen LogP contribution in [0, 0.1) is 0 Å². The second kappa shape index (κ2) is 10.1. The van der Waals surface area contributed by atoms with E-state index in [0.29, 0.717) is 41.6 Å². The highest BCUT2D eigenvalue weighted by atomic mass is 35.5. The van der Waals surface area contributed by atoms with Gasteiger partial charge in [0.1, 0.15) is 18.4 Å². The number of nitrogens with one attached hydrogen (secondary N) is 1. The lowest BCUT2D eigenvalue weighted by Gasteiger charge is -2.08. The van der Waals surface area contributed by atoms with Gasteiger partial charge in [-0.2, -0.15) is 8.98 Å². The molecule has 1 aromatic carbocycles. The number of rotatable bonds is 10. The predicted octanol–water partition coefficient (Wildman–Crippen LogP) is 3.40. The fraction of sp³-hybridized carbons (Fsp3) is 0.294. The number of hydrogen-bond acceptors (Lipinski definition) is 7. The van der Waals surface area contributed by atoms with Crippen molar-refractivity contribution >= 4 is 29.7 Å². The summed E-state index contributed by atoms with van der Waals surface area (Å²) >= 11 is 6.40. The molecule has 0 unspecified atom stereocenters. The minimum Gasteiger partial charge on any atom is -0.491 e. The molecule has 1 amide bonds. The first-order valence-corrected chi connectivity index (χ1v) is 9.66. The maximum atomic E-state index is 12.4. The van der Waals surface area contributed by atoms with Gasteiger partial charge in [0.05, 0.1) is 17.4 Å². The van der Waals surface area contributed by atoms with Crippen LogP contribution in [-0.2, 0) is 6.54 Å². The lowest BCUT2D eigenvalue weighted by molar-refractivity contribution is 0.0948. The first kappa shape index (κ1) is 20.2. The second-order valence-corrected chi connectivity index (χ2v) is 6.64. The Bertz CT molecular complexity index is 906. The molecule has 3 aromatic rings. The smallest absolute Gasteiger partial charge is 0.273 e. The van der Waals surface area contributed by atoms with Crippen molar-refractivity contribution in [2.24, 2.45) is 0 Å². The first-order chi connectivity index (χ1) is 13.7. The lowest BCUT2D eigenvalue weighted by atomic mass is 10.1. The summed E-state index contributed by atoms with van der Waals surface area (Å²) < 4.78 is 24.6. The van der Waals surface area contributed by atoms with Crippen LogP contribution < -0.4 is 10.1 Å². The molecule has 0 fully saturated rings. The Balaban J connectivity index is 1.60. The van der Waals surface area contributed by atoms with E-state index in [-0.39, 0.29) is 36.1 Å². The number of halogens is 2. The Kier molecular flexibility index (Phi) is 7.26. The van der Waals surface area contributed by atoms with Crippen LogP contribution in [0.25, 0.3) is 11.3 Å². The molecule has 2 aromatic heterocycles. The molecule has 148 valence electrons. The van der Waals surface area contributed by atoms with E-state index >= 15 is 0 Å². The number of nitrogens with zero attached hydrogens (tertiary/aromatic N) is 4. The van der Waals surface area contributed by atoms with E-state index in [9.17, 15) is 8.68 Å².